The average molecular weight is 265 g/mol. The number of primary amides is 1. The Labute approximate surface area is 109 Å². The van der Waals surface area contributed by atoms with Crippen molar-refractivity contribution in [2.75, 3.05) is 0 Å². The molecule has 0 radical (unpaired) electrons. The maximum Gasteiger partial charge on any atom is 0.251 e. The van der Waals surface area contributed by atoms with E-state index in [-0.39, 0.29) is 6.04 Å². The van der Waals surface area contributed by atoms with Crippen LogP contribution in [-0.2, 0) is 0 Å². The summed E-state index contributed by atoms with van der Waals surface area (Å²) in [5.74, 6) is -0.524. The van der Waals surface area contributed by atoms with Crippen LogP contribution >= 0.6 is 11.6 Å². The number of carbonyl (C=O) groups is 1. The summed E-state index contributed by atoms with van der Waals surface area (Å²) in [6, 6.07) is 5.37. The van der Waals surface area contributed by atoms with Gasteiger partial charge in [0.15, 0.2) is 0 Å². The Balaban J connectivity index is 2.41. The van der Waals surface area contributed by atoms with Crippen LogP contribution in [0.25, 0.3) is 5.69 Å². The fraction of sp³-hybridized carbons (Fsp3) is 0.167. The van der Waals surface area contributed by atoms with Crippen molar-refractivity contribution in [2.24, 2.45) is 11.5 Å². The van der Waals surface area contributed by atoms with Crippen LogP contribution in [-0.4, -0.2) is 15.7 Å². The van der Waals surface area contributed by atoms with Crippen LogP contribution in [0, 0.1) is 0 Å². The van der Waals surface area contributed by atoms with Crippen LogP contribution < -0.4 is 11.5 Å². The molecule has 4 N–H and O–H groups in total. The molecule has 5 nitrogen and oxygen atoms in total. The summed E-state index contributed by atoms with van der Waals surface area (Å²) in [6.07, 6.45) is 2.94. The van der Waals surface area contributed by atoms with E-state index in [0.29, 0.717) is 16.3 Å². The zero-order valence-corrected chi connectivity index (χ0v) is 10.6. The number of amides is 1. The summed E-state index contributed by atoms with van der Waals surface area (Å²) in [5.41, 5.74) is 12.9. The molecule has 0 saturated carbocycles. The first-order valence-electron chi connectivity index (χ1n) is 5.39. The van der Waals surface area contributed by atoms with Gasteiger partial charge in [0.2, 0.25) is 0 Å². The summed E-state index contributed by atoms with van der Waals surface area (Å²) < 4.78 is 1.51. The molecule has 0 saturated heterocycles. The average Bonchev–Trinajstić information content (AvgIpc) is 2.78. The van der Waals surface area contributed by atoms with Gasteiger partial charge < -0.3 is 11.5 Å². The molecule has 0 aliphatic rings. The van der Waals surface area contributed by atoms with Crippen LogP contribution in [0.1, 0.15) is 28.9 Å². The molecule has 1 aromatic heterocycles. The molecule has 2 aromatic rings. The molecule has 18 heavy (non-hydrogen) atoms. The Hall–Kier alpha value is -1.85. The predicted molar refractivity (Wildman–Crippen MR) is 69.7 cm³/mol. The van der Waals surface area contributed by atoms with Crippen LogP contribution in [0.4, 0.5) is 0 Å². The number of hydrogen-bond acceptors (Lipinski definition) is 3. The van der Waals surface area contributed by atoms with E-state index in [4.69, 9.17) is 23.1 Å². The highest BCUT2D eigenvalue weighted by molar-refractivity contribution is 6.32. The Morgan fingerprint density at radius 3 is 2.72 bits per heavy atom. The molecule has 0 fully saturated rings. The van der Waals surface area contributed by atoms with Crippen molar-refractivity contribution in [3.63, 3.8) is 0 Å². The third kappa shape index (κ3) is 2.37. The first kappa shape index (κ1) is 12.6. The number of nitrogens with two attached hydrogens (primary N) is 2. The predicted octanol–water partition coefficient (Wildman–Crippen LogP) is 1.64. The summed E-state index contributed by atoms with van der Waals surface area (Å²) in [6.45, 7) is 1.88. The van der Waals surface area contributed by atoms with E-state index in [2.05, 4.69) is 5.10 Å². The largest absolute Gasteiger partial charge is 0.366 e. The minimum atomic E-state index is -0.524. The quantitative estimate of drug-likeness (QED) is 0.884. The van der Waals surface area contributed by atoms with Gasteiger partial charge >= 0.3 is 0 Å². The first-order chi connectivity index (χ1) is 8.49. The third-order valence-electron chi connectivity index (χ3n) is 2.61. The Bertz CT molecular complexity index is 592. The second kappa shape index (κ2) is 4.80. The van der Waals surface area contributed by atoms with Gasteiger partial charge in [-0.1, -0.05) is 17.7 Å². The van der Waals surface area contributed by atoms with Crippen LogP contribution in [0.2, 0.25) is 5.02 Å². The van der Waals surface area contributed by atoms with Crippen molar-refractivity contribution >= 4 is 17.5 Å². The van der Waals surface area contributed by atoms with E-state index in [1.54, 1.807) is 12.1 Å². The normalized spacial score (nSPS) is 12.4. The van der Waals surface area contributed by atoms with E-state index in [0.717, 1.165) is 5.56 Å². The molecule has 2 rings (SSSR count). The lowest BCUT2D eigenvalue weighted by molar-refractivity contribution is 0.100. The molecule has 0 aliphatic heterocycles. The number of benzene rings is 1. The standard InChI is InChI=1S/C12H13ClN4O/c1-7(14)8-2-3-11(10(13)4-8)17-6-9(5-16-17)12(15)18/h2-7H,14H2,1H3,(H2,15,18)/t7-/m1/s1. The lowest BCUT2D eigenvalue weighted by Crippen LogP contribution is -2.09. The second-order valence-corrected chi connectivity index (χ2v) is 4.44. The van der Waals surface area contributed by atoms with E-state index in [1.807, 2.05) is 13.0 Å². The van der Waals surface area contributed by atoms with E-state index in [9.17, 15) is 4.79 Å². The molecule has 6 heteroatoms. The Morgan fingerprint density at radius 2 is 2.22 bits per heavy atom. The molecule has 1 heterocycles. The highest BCUT2D eigenvalue weighted by atomic mass is 35.5. The van der Waals surface area contributed by atoms with Gasteiger partial charge in [0.1, 0.15) is 0 Å². The molecule has 1 amide bonds. The molecule has 0 unspecified atom stereocenters. The maximum absolute atomic E-state index is 11.0. The molecular formula is C12H13ClN4O. The van der Waals surface area contributed by atoms with Gasteiger partial charge in [-0.15, -0.1) is 0 Å². The minimum absolute atomic E-state index is 0.0876. The van der Waals surface area contributed by atoms with Crippen LogP contribution in [0.3, 0.4) is 0 Å². The maximum atomic E-state index is 11.0. The third-order valence-corrected chi connectivity index (χ3v) is 2.91. The summed E-state index contributed by atoms with van der Waals surface area (Å²) in [4.78, 5) is 11.0. The van der Waals surface area contributed by atoms with E-state index in [1.165, 1.54) is 17.1 Å². The zero-order chi connectivity index (χ0) is 13.3. The fourth-order valence-electron chi connectivity index (χ4n) is 1.57. The van der Waals surface area contributed by atoms with Crippen LogP contribution in [0.5, 0.6) is 0 Å². The summed E-state index contributed by atoms with van der Waals surface area (Å²) in [5, 5.41) is 4.56. The van der Waals surface area contributed by atoms with Gasteiger partial charge in [0, 0.05) is 12.2 Å². The van der Waals surface area contributed by atoms with Crippen LogP contribution in [0.15, 0.2) is 30.6 Å². The summed E-state index contributed by atoms with van der Waals surface area (Å²) >= 11 is 6.16. The monoisotopic (exact) mass is 264 g/mol. The number of halogens is 1. The topological polar surface area (TPSA) is 86.9 Å². The minimum Gasteiger partial charge on any atom is -0.366 e. The highest BCUT2D eigenvalue weighted by Crippen LogP contribution is 2.24. The lowest BCUT2D eigenvalue weighted by Gasteiger charge is -2.09. The van der Waals surface area contributed by atoms with Gasteiger partial charge in [0.05, 0.1) is 22.5 Å². The SMILES string of the molecule is C[C@@H](N)c1ccc(-n2cc(C(N)=O)cn2)c(Cl)c1. The van der Waals surface area contributed by atoms with Crippen molar-refractivity contribution in [3.05, 3.63) is 46.7 Å². The van der Waals surface area contributed by atoms with Crippen molar-refractivity contribution in [3.8, 4) is 5.69 Å². The molecule has 1 atom stereocenters. The molecule has 0 spiro atoms. The zero-order valence-electron chi connectivity index (χ0n) is 9.80. The van der Waals surface area contributed by atoms with E-state index < -0.39 is 5.91 Å². The smallest absolute Gasteiger partial charge is 0.251 e. The number of carbonyl (C=O) groups excluding carboxylic acids is 1. The molecule has 0 aliphatic carbocycles. The number of rotatable bonds is 3. The van der Waals surface area contributed by atoms with Gasteiger partial charge in [-0.2, -0.15) is 5.10 Å². The second-order valence-electron chi connectivity index (χ2n) is 4.04. The Kier molecular flexibility index (Phi) is 3.36. The molecular weight excluding hydrogens is 252 g/mol. The number of hydrogen-bond donors (Lipinski definition) is 2. The Morgan fingerprint density at radius 1 is 1.50 bits per heavy atom. The van der Waals surface area contributed by atoms with Gasteiger partial charge in [-0.05, 0) is 24.6 Å². The van der Waals surface area contributed by atoms with Crippen molar-refractivity contribution < 1.29 is 4.79 Å². The van der Waals surface area contributed by atoms with Crippen molar-refractivity contribution in [1.82, 2.24) is 9.78 Å². The van der Waals surface area contributed by atoms with Gasteiger partial charge in [-0.25, -0.2) is 4.68 Å². The first-order valence-corrected chi connectivity index (χ1v) is 5.76. The molecule has 0 bridgehead atoms. The van der Waals surface area contributed by atoms with Crippen molar-refractivity contribution in [2.45, 2.75) is 13.0 Å². The number of nitrogens with zero attached hydrogens (tertiary/aromatic N) is 2. The molecule has 1 aromatic carbocycles. The number of aromatic nitrogens is 2. The highest BCUT2D eigenvalue weighted by Gasteiger charge is 2.09. The van der Waals surface area contributed by atoms with Gasteiger partial charge in [0.25, 0.3) is 5.91 Å². The van der Waals surface area contributed by atoms with E-state index >= 15 is 0 Å². The van der Waals surface area contributed by atoms with Gasteiger partial charge in [-0.3, -0.25) is 4.79 Å². The fourth-order valence-corrected chi connectivity index (χ4v) is 1.85. The summed E-state index contributed by atoms with van der Waals surface area (Å²) in [7, 11) is 0. The van der Waals surface area contributed by atoms with Crippen molar-refractivity contribution in [1.29, 1.82) is 0 Å². The lowest BCUT2D eigenvalue weighted by atomic mass is 10.1. The molecule has 94 valence electrons.